The van der Waals surface area contributed by atoms with Crippen LogP contribution >= 0.6 is 0 Å². The molecular formula is C19H24N4O2. The molecule has 0 unspecified atom stereocenters. The van der Waals surface area contributed by atoms with Gasteiger partial charge in [-0.25, -0.2) is 9.48 Å². The Morgan fingerprint density at radius 3 is 3.00 bits per heavy atom. The van der Waals surface area contributed by atoms with Crippen LogP contribution < -0.4 is 5.32 Å². The zero-order valence-electron chi connectivity index (χ0n) is 14.7. The van der Waals surface area contributed by atoms with Crippen molar-refractivity contribution < 1.29 is 9.53 Å². The predicted molar refractivity (Wildman–Crippen MR) is 95.6 cm³/mol. The number of anilines is 1. The Balaban J connectivity index is 1.52. The van der Waals surface area contributed by atoms with E-state index in [1.807, 2.05) is 29.5 Å². The molecule has 1 atom stereocenters. The number of nitrogens with one attached hydrogen (secondary N) is 1. The van der Waals surface area contributed by atoms with Crippen LogP contribution in [-0.4, -0.2) is 40.4 Å². The molecule has 1 spiro atoms. The lowest BCUT2D eigenvalue weighted by Gasteiger charge is -2.41. The molecule has 1 saturated heterocycles. The molecule has 6 heteroatoms. The number of urea groups is 1. The third kappa shape index (κ3) is 2.80. The molecule has 1 fully saturated rings. The summed E-state index contributed by atoms with van der Waals surface area (Å²) in [5, 5.41) is 7.28. The number of benzene rings is 1. The van der Waals surface area contributed by atoms with Gasteiger partial charge in [-0.15, -0.1) is 0 Å². The van der Waals surface area contributed by atoms with Gasteiger partial charge in [-0.3, -0.25) is 5.32 Å². The summed E-state index contributed by atoms with van der Waals surface area (Å²) in [6.07, 6.45) is 3.65. The van der Waals surface area contributed by atoms with Gasteiger partial charge in [-0.1, -0.05) is 24.3 Å². The van der Waals surface area contributed by atoms with Crippen molar-refractivity contribution in [1.82, 2.24) is 14.7 Å². The fraction of sp³-hybridized carbons (Fsp3) is 0.474. The highest BCUT2D eigenvalue weighted by Crippen LogP contribution is 2.42. The molecule has 1 aliphatic carbocycles. The van der Waals surface area contributed by atoms with Crippen molar-refractivity contribution in [2.24, 2.45) is 0 Å². The van der Waals surface area contributed by atoms with Crippen LogP contribution in [0.15, 0.2) is 36.5 Å². The molecule has 2 aliphatic rings. The number of aryl methyl sites for hydroxylation is 1. The third-order valence-corrected chi connectivity index (χ3v) is 5.17. The lowest BCUT2D eigenvalue weighted by molar-refractivity contribution is -0.100. The first-order chi connectivity index (χ1) is 12.1. The number of morpholine rings is 1. The highest BCUT2D eigenvalue weighted by molar-refractivity contribution is 5.88. The first-order valence-corrected chi connectivity index (χ1v) is 8.91. The summed E-state index contributed by atoms with van der Waals surface area (Å²) in [5.41, 5.74) is 2.21. The van der Waals surface area contributed by atoms with E-state index in [9.17, 15) is 4.79 Å². The molecular weight excluding hydrogens is 316 g/mol. The first kappa shape index (κ1) is 16.1. The van der Waals surface area contributed by atoms with Crippen molar-refractivity contribution in [2.75, 3.05) is 25.0 Å². The minimum absolute atomic E-state index is 0.0885. The summed E-state index contributed by atoms with van der Waals surface area (Å²) in [4.78, 5) is 14.7. The van der Waals surface area contributed by atoms with Crippen LogP contribution in [0.25, 0.3) is 0 Å². The number of hydrogen-bond donors (Lipinski definition) is 1. The van der Waals surface area contributed by atoms with E-state index >= 15 is 0 Å². The van der Waals surface area contributed by atoms with Crippen LogP contribution in [0, 0.1) is 0 Å². The van der Waals surface area contributed by atoms with Gasteiger partial charge in [0.1, 0.15) is 11.4 Å². The molecule has 132 valence electrons. The van der Waals surface area contributed by atoms with Gasteiger partial charge in [0.25, 0.3) is 0 Å². The predicted octanol–water partition coefficient (Wildman–Crippen LogP) is 3.17. The largest absolute Gasteiger partial charge is 0.367 e. The summed E-state index contributed by atoms with van der Waals surface area (Å²) >= 11 is 0. The maximum absolute atomic E-state index is 12.8. The highest BCUT2D eigenvalue weighted by Gasteiger charge is 2.44. The summed E-state index contributed by atoms with van der Waals surface area (Å²) in [5.74, 6) is 0.729. The number of nitrogens with zero attached hydrogens (tertiary/aromatic N) is 3. The topological polar surface area (TPSA) is 59.4 Å². The molecule has 1 aliphatic heterocycles. The van der Waals surface area contributed by atoms with Crippen molar-refractivity contribution in [1.29, 1.82) is 0 Å². The lowest BCUT2D eigenvalue weighted by Crippen LogP contribution is -2.52. The average Bonchev–Trinajstić information content (AvgIpc) is 3.21. The molecule has 0 radical (unpaired) electrons. The van der Waals surface area contributed by atoms with Gasteiger partial charge in [0.05, 0.1) is 19.3 Å². The molecule has 1 aromatic heterocycles. The molecule has 2 aromatic rings. The Hall–Kier alpha value is -2.34. The molecule has 4 rings (SSSR count). The summed E-state index contributed by atoms with van der Waals surface area (Å²) in [6, 6.07) is 10.4. The van der Waals surface area contributed by atoms with Crippen LogP contribution in [-0.2, 0) is 16.8 Å². The first-order valence-electron chi connectivity index (χ1n) is 8.91. The zero-order valence-corrected chi connectivity index (χ0v) is 14.7. The Bertz CT molecular complexity index is 781. The maximum Gasteiger partial charge on any atom is 0.323 e. The number of carbonyl (C=O) groups excluding carboxylic acids is 1. The molecule has 1 N–H and O–H groups in total. The normalized spacial score (nSPS) is 22.4. The van der Waals surface area contributed by atoms with E-state index in [0.29, 0.717) is 19.7 Å². The van der Waals surface area contributed by atoms with Crippen molar-refractivity contribution in [2.45, 2.75) is 38.3 Å². The van der Waals surface area contributed by atoms with E-state index < -0.39 is 0 Å². The van der Waals surface area contributed by atoms with E-state index in [-0.39, 0.29) is 17.7 Å². The number of amides is 2. The van der Waals surface area contributed by atoms with E-state index in [0.717, 1.165) is 18.7 Å². The molecule has 6 nitrogen and oxygen atoms in total. The molecule has 0 saturated carbocycles. The molecule has 2 heterocycles. The van der Waals surface area contributed by atoms with E-state index in [4.69, 9.17) is 4.74 Å². The van der Waals surface area contributed by atoms with E-state index in [2.05, 4.69) is 34.7 Å². The summed E-state index contributed by atoms with van der Waals surface area (Å²) in [6.45, 7) is 5.84. The second kappa shape index (κ2) is 6.19. The SMILES string of the molecule is CC(C)n1nccc1NC(=O)N1CCO[C@@]2(CCc3ccccc32)C1. The van der Waals surface area contributed by atoms with Gasteiger partial charge in [-0.05, 0) is 37.8 Å². The van der Waals surface area contributed by atoms with E-state index in [1.54, 1.807) is 6.20 Å². The van der Waals surface area contributed by atoms with Gasteiger partial charge >= 0.3 is 6.03 Å². The lowest BCUT2D eigenvalue weighted by atomic mass is 9.94. The number of carbonyl (C=O) groups is 1. The second-order valence-corrected chi connectivity index (χ2v) is 7.11. The number of ether oxygens (including phenoxy) is 1. The van der Waals surface area contributed by atoms with Crippen molar-refractivity contribution in [3.8, 4) is 0 Å². The molecule has 25 heavy (non-hydrogen) atoms. The Morgan fingerprint density at radius 1 is 1.32 bits per heavy atom. The third-order valence-electron chi connectivity index (χ3n) is 5.17. The van der Waals surface area contributed by atoms with Gasteiger partial charge < -0.3 is 9.64 Å². The van der Waals surface area contributed by atoms with Crippen molar-refractivity contribution in [3.05, 3.63) is 47.7 Å². The van der Waals surface area contributed by atoms with Crippen LogP contribution in [0.3, 0.4) is 0 Å². The number of aromatic nitrogens is 2. The second-order valence-electron chi connectivity index (χ2n) is 7.11. The van der Waals surface area contributed by atoms with Gasteiger partial charge in [0.2, 0.25) is 0 Å². The Labute approximate surface area is 147 Å². The van der Waals surface area contributed by atoms with Crippen LogP contribution in [0.2, 0.25) is 0 Å². The Kier molecular flexibility index (Phi) is 4.00. The van der Waals surface area contributed by atoms with Crippen LogP contribution in [0.4, 0.5) is 10.6 Å². The molecule has 2 amide bonds. The number of fused-ring (bicyclic) bond motifs is 2. The zero-order chi connectivity index (χ0) is 17.4. The molecule has 0 bridgehead atoms. The molecule has 1 aromatic carbocycles. The number of hydrogen-bond acceptors (Lipinski definition) is 3. The Morgan fingerprint density at radius 2 is 2.16 bits per heavy atom. The van der Waals surface area contributed by atoms with Crippen LogP contribution in [0.5, 0.6) is 0 Å². The van der Waals surface area contributed by atoms with Crippen LogP contribution in [0.1, 0.15) is 37.4 Å². The van der Waals surface area contributed by atoms with Crippen molar-refractivity contribution in [3.63, 3.8) is 0 Å². The average molecular weight is 340 g/mol. The summed E-state index contributed by atoms with van der Waals surface area (Å²) < 4.78 is 8.01. The minimum Gasteiger partial charge on any atom is -0.367 e. The van der Waals surface area contributed by atoms with Gasteiger partial charge in [0.15, 0.2) is 0 Å². The smallest absolute Gasteiger partial charge is 0.323 e. The number of rotatable bonds is 2. The fourth-order valence-electron chi connectivity index (χ4n) is 3.94. The van der Waals surface area contributed by atoms with Gasteiger partial charge in [0, 0.05) is 18.7 Å². The minimum atomic E-state index is -0.357. The quantitative estimate of drug-likeness (QED) is 0.913. The summed E-state index contributed by atoms with van der Waals surface area (Å²) in [7, 11) is 0. The van der Waals surface area contributed by atoms with Gasteiger partial charge in [-0.2, -0.15) is 5.10 Å². The maximum atomic E-state index is 12.8. The van der Waals surface area contributed by atoms with E-state index in [1.165, 1.54) is 11.1 Å². The monoisotopic (exact) mass is 340 g/mol. The van der Waals surface area contributed by atoms with Crippen molar-refractivity contribution >= 4 is 11.8 Å². The highest BCUT2D eigenvalue weighted by atomic mass is 16.5. The standard InChI is InChI=1S/C19H24N4O2/c1-14(2)23-17(8-10-20-23)21-18(24)22-11-12-25-19(13-22)9-7-15-5-3-4-6-16(15)19/h3-6,8,10,14H,7,9,11-13H2,1-2H3,(H,21,24)/t19-/m0/s1. The fourth-order valence-corrected chi connectivity index (χ4v) is 3.94.